The van der Waals surface area contributed by atoms with Crippen molar-refractivity contribution >= 4 is 42.5 Å². The molecule has 0 bridgehead atoms. The van der Waals surface area contributed by atoms with Gasteiger partial charge in [-0.25, -0.2) is 5.48 Å². The van der Waals surface area contributed by atoms with Gasteiger partial charge in [0.1, 0.15) is 0 Å². The molecule has 2 aromatic rings. The van der Waals surface area contributed by atoms with Crippen LogP contribution in [-0.2, 0) is 11.3 Å². The fraction of sp³-hybridized carbons (Fsp3) is 0.263. The van der Waals surface area contributed by atoms with Crippen LogP contribution >= 0.6 is 24.8 Å². The van der Waals surface area contributed by atoms with E-state index >= 15 is 0 Å². The molecular weight excluding hydrogens is 387 g/mol. The van der Waals surface area contributed by atoms with Crippen molar-refractivity contribution in [3.05, 3.63) is 66.0 Å². The fourth-order valence-electron chi connectivity index (χ4n) is 2.96. The second-order valence-corrected chi connectivity index (χ2v) is 6.13. The minimum Gasteiger partial charge on any atom is -0.380 e. The molecular formula is C19H24Cl2N4O2. The van der Waals surface area contributed by atoms with Crippen molar-refractivity contribution in [2.75, 3.05) is 18.4 Å². The van der Waals surface area contributed by atoms with E-state index in [-0.39, 0.29) is 24.8 Å². The highest BCUT2D eigenvalue weighted by molar-refractivity contribution is 5.90. The molecule has 27 heavy (non-hydrogen) atoms. The lowest BCUT2D eigenvalue weighted by molar-refractivity contribution is -0.124. The molecule has 0 radical (unpaired) electrons. The maximum atomic E-state index is 11.0. The monoisotopic (exact) mass is 410 g/mol. The van der Waals surface area contributed by atoms with Gasteiger partial charge >= 0.3 is 0 Å². The summed E-state index contributed by atoms with van der Waals surface area (Å²) in [6, 6.07) is 14.7. The number of likely N-dealkylation sites (tertiary alicyclic amines) is 1. The average Bonchev–Trinajstić information content (AvgIpc) is 3.08. The fourth-order valence-corrected chi connectivity index (χ4v) is 2.96. The number of halogens is 2. The van der Waals surface area contributed by atoms with Crippen LogP contribution in [0.5, 0.6) is 0 Å². The number of hydrogen-bond donors (Lipinski definition) is 3. The van der Waals surface area contributed by atoms with Gasteiger partial charge in [-0.1, -0.05) is 30.3 Å². The van der Waals surface area contributed by atoms with Gasteiger partial charge in [0.15, 0.2) is 0 Å². The predicted octanol–water partition coefficient (Wildman–Crippen LogP) is 3.13. The summed E-state index contributed by atoms with van der Waals surface area (Å²) in [5.41, 5.74) is 4.51. The summed E-state index contributed by atoms with van der Waals surface area (Å²) >= 11 is 0. The molecule has 3 N–H and O–H groups in total. The highest BCUT2D eigenvalue weighted by Gasteiger charge is 2.22. The Labute approximate surface area is 171 Å². The van der Waals surface area contributed by atoms with Gasteiger partial charge in [-0.15, -0.1) is 24.8 Å². The Morgan fingerprint density at radius 2 is 2.00 bits per heavy atom. The average molecular weight is 411 g/mol. The van der Waals surface area contributed by atoms with Crippen LogP contribution in [0.2, 0.25) is 0 Å². The Kier molecular flexibility index (Phi) is 9.82. The zero-order valence-corrected chi connectivity index (χ0v) is 16.4. The summed E-state index contributed by atoms with van der Waals surface area (Å²) in [5.74, 6) is -0.575. The second-order valence-electron chi connectivity index (χ2n) is 6.13. The van der Waals surface area contributed by atoms with E-state index in [1.807, 2.05) is 18.2 Å². The first-order valence-corrected chi connectivity index (χ1v) is 8.34. The van der Waals surface area contributed by atoms with Crippen molar-refractivity contribution in [1.82, 2.24) is 15.4 Å². The summed E-state index contributed by atoms with van der Waals surface area (Å²) in [4.78, 5) is 17.7. The summed E-state index contributed by atoms with van der Waals surface area (Å²) in [7, 11) is 0. The van der Waals surface area contributed by atoms with Crippen LogP contribution in [0.3, 0.4) is 0 Å². The van der Waals surface area contributed by atoms with Gasteiger partial charge in [0.2, 0.25) is 0 Å². The maximum absolute atomic E-state index is 11.0. The van der Waals surface area contributed by atoms with E-state index in [1.165, 1.54) is 11.6 Å². The molecule has 2 heterocycles. The summed E-state index contributed by atoms with van der Waals surface area (Å²) in [5, 5.41) is 12.0. The van der Waals surface area contributed by atoms with Crippen molar-refractivity contribution in [3.63, 3.8) is 0 Å². The lowest BCUT2D eigenvalue weighted by atomic mass is 10.2. The normalized spacial score (nSPS) is 16.4. The van der Waals surface area contributed by atoms with Crippen molar-refractivity contribution in [3.8, 4) is 0 Å². The molecule has 1 fully saturated rings. The number of carbonyl (C=O) groups is 1. The molecule has 8 heteroatoms. The number of aromatic nitrogens is 1. The number of amides is 1. The van der Waals surface area contributed by atoms with Crippen molar-refractivity contribution in [1.29, 1.82) is 0 Å². The molecule has 1 aliphatic rings. The van der Waals surface area contributed by atoms with Crippen LogP contribution in [0, 0.1) is 0 Å². The molecule has 0 aliphatic carbocycles. The van der Waals surface area contributed by atoms with Gasteiger partial charge in [-0.3, -0.25) is 19.9 Å². The van der Waals surface area contributed by atoms with Crippen LogP contribution in [0.25, 0.3) is 6.08 Å². The Morgan fingerprint density at radius 3 is 2.67 bits per heavy atom. The number of nitrogens with one attached hydrogen (secondary N) is 2. The Morgan fingerprint density at radius 1 is 1.22 bits per heavy atom. The van der Waals surface area contributed by atoms with E-state index in [9.17, 15) is 4.79 Å². The number of carbonyl (C=O) groups excluding carboxylic acids is 1. The van der Waals surface area contributed by atoms with Gasteiger partial charge in [-0.2, -0.15) is 0 Å². The molecule has 3 rings (SSSR count). The third-order valence-corrected chi connectivity index (χ3v) is 4.19. The van der Waals surface area contributed by atoms with Crippen molar-refractivity contribution in [2.45, 2.75) is 19.0 Å². The lowest BCUT2D eigenvalue weighted by Crippen LogP contribution is -2.26. The summed E-state index contributed by atoms with van der Waals surface area (Å²) < 4.78 is 0. The number of rotatable bonds is 6. The van der Waals surface area contributed by atoms with Crippen molar-refractivity contribution in [2.24, 2.45) is 0 Å². The Bertz CT molecular complexity index is 726. The van der Waals surface area contributed by atoms with Gasteiger partial charge in [-0.05, 0) is 30.2 Å². The zero-order chi connectivity index (χ0) is 17.5. The molecule has 1 aromatic heterocycles. The summed E-state index contributed by atoms with van der Waals surface area (Å²) in [6.45, 7) is 3.07. The third-order valence-electron chi connectivity index (χ3n) is 4.19. The molecule has 0 saturated carbocycles. The second kappa shape index (κ2) is 11.6. The first-order chi connectivity index (χ1) is 12.2. The molecule has 1 atom stereocenters. The minimum atomic E-state index is -0.575. The highest BCUT2D eigenvalue weighted by atomic mass is 35.5. The van der Waals surface area contributed by atoms with E-state index < -0.39 is 5.91 Å². The topological polar surface area (TPSA) is 77.5 Å². The largest absolute Gasteiger partial charge is 0.380 e. The quantitative estimate of drug-likeness (QED) is 0.387. The molecule has 0 unspecified atom stereocenters. The van der Waals surface area contributed by atoms with Crippen LogP contribution in [-0.4, -0.2) is 40.1 Å². The van der Waals surface area contributed by atoms with Crippen LogP contribution in [0.15, 0.2) is 54.7 Å². The van der Waals surface area contributed by atoms with Gasteiger partial charge in [0, 0.05) is 31.8 Å². The number of nitrogens with zero attached hydrogens (tertiary/aromatic N) is 2. The van der Waals surface area contributed by atoms with E-state index in [0.29, 0.717) is 11.7 Å². The number of pyridine rings is 1. The lowest BCUT2D eigenvalue weighted by Gasteiger charge is -2.17. The van der Waals surface area contributed by atoms with Crippen molar-refractivity contribution < 1.29 is 10.0 Å². The Balaban J connectivity index is 0.00000182. The number of anilines is 1. The first-order valence-electron chi connectivity index (χ1n) is 8.34. The molecule has 146 valence electrons. The van der Waals surface area contributed by atoms with E-state index in [1.54, 1.807) is 17.8 Å². The smallest absolute Gasteiger partial charge is 0.267 e. The van der Waals surface area contributed by atoms with Gasteiger partial charge in [0.05, 0.1) is 17.6 Å². The van der Waals surface area contributed by atoms with Crippen LogP contribution in [0.1, 0.15) is 17.7 Å². The Hall–Kier alpha value is -2.12. The van der Waals surface area contributed by atoms with Gasteiger partial charge in [0.25, 0.3) is 5.91 Å². The first kappa shape index (κ1) is 22.9. The van der Waals surface area contributed by atoms with E-state index in [0.717, 1.165) is 31.7 Å². The highest BCUT2D eigenvalue weighted by Crippen LogP contribution is 2.18. The maximum Gasteiger partial charge on any atom is 0.267 e. The van der Waals surface area contributed by atoms with Gasteiger partial charge < -0.3 is 5.32 Å². The number of hydrogen-bond acceptors (Lipinski definition) is 5. The van der Waals surface area contributed by atoms with E-state index in [2.05, 4.69) is 39.5 Å². The molecule has 6 nitrogen and oxygen atoms in total. The number of benzene rings is 1. The van der Waals surface area contributed by atoms with E-state index in [4.69, 9.17) is 5.21 Å². The minimum absolute atomic E-state index is 0. The van der Waals surface area contributed by atoms with Crippen LogP contribution < -0.4 is 10.8 Å². The number of hydroxylamine groups is 1. The van der Waals surface area contributed by atoms with Crippen LogP contribution in [0.4, 0.5) is 5.69 Å². The zero-order valence-electron chi connectivity index (χ0n) is 14.7. The standard InChI is InChI=1S/C19H22N4O2.2ClH/c24-19(22-25)9-8-16-6-7-17(12-20-16)21-18-10-11-23(14-18)13-15-4-2-1-3-5-15;;/h1-9,12,18,21,25H,10-11,13-14H2,(H,22,24);2*1H/t18-;;/m1../s1. The SMILES string of the molecule is Cl.Cl.O=C(C=Cc1ccc(N[C@@H]2CCN(Cc3ccccc3)C2)cn1)NO. The predicted molar refractivity (Wildman–Crippen MR) is 111 cm³/mol. The molecule has 1 aliphatic heterocycles. The molecule has 1 saturated heterocycles. The summed E-state index contributed by atoms with van der Waals surface area (Å²) in [6.07, 6.45) is 5.64. The molecule has 1 amide bonds. The third kappa shape index (κ3) is 7.19. The molecule has 1 aromatic carbocycles. The molecule has 0 spiro atoms.